The number of halogens is 3. The van der Waals surface area contributed by atoms with Crippen LogP contribution in [0.4, 0.5) is 0 Å². The number of aliphatic carboxylic acids is 1. The van der Waals surface area contributed by atoms with E-state index in [9.17, 15) is 4.79 Å². The van der Waals surface area contributed by atoms with Gasteiger partial charge in [0.2, 0.25) is 6.79 Å². The fourth-order valence-corrected chi connectivity index (χ4v) is 4.06. The lowest BCUT2D eigenvalue weighted by atomic mass is 9.97. The van der Waals surface area contributed by atoms with Crippen LogP contribution in [0, 0.1) is 0 Å². The summed E-state index contributed by atoms with van der Waals surface area (Å²) in [5, 5.41) is 10.6. The van der Waals surface area contributed by atoms with Gasteiger partial charge in [0.15, 0.2) is 11.5 Å². The molecular weight excluding hydrogens is 475 g/mol. The van der Waals surface area contributed by atoms with E-state index in [0.29, 0.717) is 49.9 Å². The Morgan fingerprint density at radius 2 is 1.66 bits per heavy atom. The first-order valence-corrected chi connectivity index (χ1v) is 10.7. The molecule has 0 saturated carbocycles. The second-order valence-electron chi connectivity index (χ2n) is 6.96. The molecule has 0 fully saturated rings. The highest BCUT2D eigenvalue weighted by atomic mass is 35.5. The van der Waals surface area contributed by atoms with Crippen molar-refractivity contribution in [2.75, 3.05) is 6.79 Å². The van der Waals surface area contributed by atoms with Crippen LogP contribution in [0.5, 0.6) is 17.2 Å². The molecule has 3 aromatic rings. The van der Waals surface area contributed by atoms with E-state index in [1.54, 1.807) is 36.4 Å². The maximum absolute atomic E-state index is 11.1. The van der Waals surface area contributed by atoms with E-state index in [2.05, 4.69) is 0 Å². The first-order valence-electron chi connectivity index (χ1n) is 9.59. The molecule has 0 aromatic heterocycles. The zero-order valence-corrected chi connectivity index (χ0v) is 18.9. The highest BCUT2D eigenvalue weighted by Crippen LogP contribution is 2.39. The van der Waals surface area contributed by atoms with Gasteiger partial charge in [-0.3, -0.25) is 0 Å². The lowest BCUT2D eigenvalue weighted by Crippen LogP contribution is -2.03. The number of rotatable bonds is 7. The zero-order valence-electron chi connectivity index (χ0n) is 16.6. The zero-order chi connectivity index (χ0) is 22.7. The Hall–Kier alpha value is -2.86. The highest BCUT2D eigenvalue weighted by Gasteiger charge is 2.19. The number of carboxylic acids is 1. The summed E-state index contributed by atoms with van der Waals surface area (Å²) in [6.07, 6.45) is 2.98. The summed E-state index contributed by atoms with van der Waals surface area (Å²) in [5.41, 5.74) is 2.89. The van der Waals surface area contributed by atoms with Gasteiger partial charge in [0.1, 0.15) is 12.4 Å². The molecule has 0 amide bonds. The van der Waals surface area contributed by atoms with E-state index in [1.807, 2.05) is 12.1 Å². The van der Waals surface area contributed by atoms with Crippen molar-refractivity contribution in [2.45, 2.75) is 13.0 Å². The number of hydrogen-bond donors (Lipinski definition) is 1. The minimum Gasteiger partial charge on any atom is -0.488 e. The molecule has 0 aliphatic carbocycles. The van der Waals surface area contributed by atoms with Crippen molar-refractivity contribution in [3.63, 3.8) is 0 Å². The molecule has 4 rings (SSSR count). The van der Waals surface area contributed by atoms with E-state index < -0.39 is 5.97 Å². The summed E-state index contributed by atoms with van der Waals surface area (Å²) < 4.78 is 16.9. The van der Waals surface area contributed by atoms with Crippen molar-refractivity contribution < 1.29 is 24.1 Å². The van der Waals surface area contributed by atoms with Gasteiger partial charge in [-0.25, -0.2) is 4.79 Å². The van der Waals surface area contributed by atoms with E-state index in [0.717, 1.165) is 17.2 Å². The molecular formula is C24H17Cl3O5. The molecule has 5 nitrogen and oxygen atoms in total. The monoisotopic (exact) mass is 490 g/mol. The van der Waals surface area contributed by atoms with Gasteiger partial charge in [0.05, 0.1) is 0 Å². The van der Waals surface area contributed by atoms with Crippen LogP contribution in [0.1, 0.15) is 22.3 Å². The van der Waals surface area contributed by atoms with Gasteiger partial charge >= 0.3 is 5.97 Å². The Kier molecular flexibility index (Phi) is 6.80. The molecule has 0 radical (unpaired) electrons. The topological polar surface area (TPSA) is 65.0 Å². The molecule has 0 bridgehead atoms. The van der Waals surface area contributed by atoms with Crippen molar-refractivity contribution in [3.05, 3.63) is 91.9 Å². The third-order valence-corrected chi connectivity index (χ3v) is 5.98. The third kappa shape index (κ3) is 4.96. The summed E-state index contributed by atoms with van der Waals surface area (Å²) >= 11 is 19.0. The van der Waals surface area contributed by atoms with Gasteiger partial charge in [-0.1, -0.05) is 53.0 Å². The van der Waals surface area contributed by atoms with Crippen LogP contribution >= 0.6 is 34.8 Å². The predicted octanol–water partition coefficient (Wildman–Crippen LogP) is 6.64. The number of carbonyl (C=O) groups is 1. The Labute approximate surface area is 199 Å². The molecule has 1 heterocycles. The maximum atomic E-state index is 11.1. The van der Waals surface area contributed by atoms with E-state index in [4.69, 9.17) is 54.1 Å². The van der Waals surface area contributed by atoms with Crippen LogP contribution in [0.2, 0.25) is 15.1 Å². The Morgan fingerprint density at radius 1 is 0.969 bits per heavy atom. The van der Waals surface area contributed by atoms with Gasteiger partial charge in [0, 0.05) is 44.8 Å². The van der Waals surface area contributed by atoms with Crippen molar-refractivity contribution in [1.82, 2.24) is 0 Å². The minimum atomic E-state index is -1.05. The second kappa shape index (κ2) is 9.74. The third-order valence-electron chi connectivity index (χ3n) is 4.92. The van der Waals surface area contributed by atoms with Crippen LogP contribution in [0.25, 0.3) is 6.08 Å². The van der Waals surface area contributed by atoms with E-state index in [1.165, 1.54) is 6.08 Å². The Bertz CT molecular complexity index is 1190. The van der Waals surface area contributed by atoms with Gasteiger partial charge in [0.25, 0.3) is 0 Å². The smallest absolute Gasteiger partial charge is 0.328 e. The van der Waals surface area contributed by atoms with Gasteiger partial charge < -0.3 is 19.3 Å². The molecule has 1 aliphatic heterocycles. The largest absolute Gasteiger partial charge is 0.488 e. The number of benzene rings is 3. The lowest BCUT2D eigenvalue weighted by Gasteiger charge is -2.16. The number of hydrogen-bond acceptors (Lipinski definition) is 4. The molecule has 0 unspecified atom stereocenters. The summed E-state index contributed by atoms with van der Waals surface area (Å²) in [4.78, 5) is 11.1. The standard InChI is InChI=1S/C24H17Cl3O5/c25-18-4-2-5-19(26)17(18)12-30-21-6-1-3-14(7-8-24(28)29)16(21)9-15-10-22-23(11-20(15)27)32-13-31-22/h1-8,10-11H,9,12-13H2,(H,28,29)/b8-7+. The summed E-state index contributed by atoms with van der Waals surface area (Å²) in [7, 11) is 0. The van der Waals surface area contributed by atoms with Crippen molar-refractivity contribution in [3.8, 4) is 17.2 Å². The summed E-state index contributed by atoms with van der Waals surface area (Å²) in [6, 6.07) is 14.2. The molecule has 0 atom stereocenters. The molecule has 32 heavy (non-hydrogen) atoms. The average Bonchev–Trinajstić information content (AvgIpc) is 3.20. The second-order valence-corrected chi connectivity index (χ2v) is 8.18. The average molecular weight is 492 g/mol. The molecule has 0 saturated heterocycles. The van der Waals surface area contributed by atoms with Gasteiger partial charge in [-0.15, -0.1) is 0 Å². The van der Waals surface area contributed by atoms with Crippen LogP contribution in [0.3, 0.4) is 0 Å². The Morgan fingerprint density at radius 3 is 2.38 bits per heavy atom. The Balaban J connectivity index is 1.71. The van der Waals surface area contributed by atoms with Crippen molar-refractivity contribution in [2.24, 2.45) is 0 Å². The normalized spacial score (nSPS) is 12.3. The highest BCUT2D eigenvalue weighted by molar-refractivity contribution is 6.36. The van der Waals surface area contributed by atoms with Crippen LogP contribution < -0.4 is 14.2 Å². The fraction of sp³-hybridized carbons (Fsp3) is 0.125. The lowest BCUT2D eigenvalue weighted by molar-refractivity contribution is -0.131. The fourth-order valence-electron chi connectivity index (χ4n) is 3.33. The molecule has 164 valence electrons. The quantitative estimate of drug-likeness (QED) is 0.375. The SMILES string of the molecule is O=C(O)/C=C/c1cccc(OCc2c(Cl)cccc2Cl)c1Cc1cc2c(cc1Cl)OCO2. The van der Waals surface area contributed by atoms with E-state index in [-0.39, 0.29) is 13.4 Å². The van der Waals surface area contributed by atoms with Crippen LogP contribution in [-0.4, -0.2) is 17.9 Å². The molecule has 1 N–H and O–H groups in total. The summed E-state index contributed by atoms with van der Waals surface area (Å²) in [6.45, 7) is 0.284. The molecule has 1 aliphatic rings. The first kappa shape index (κ1) is 22.3. The maximum Gasteiger partial charge on any atom is 0.328 e. The van der Waals surface area contributed by atoms with Gasteiger partial charge in [-0.05, 0) is 41.5 Å². The van der Waals surface area contributed by atoms with Crippen molar-refractivity contribution in [1.29, 1.82) is 0 Å². The summed E-state index contributed by atoms with van der Waals surface area (Å²) in [5.74, 6) is 0.699. The van der Waals surface area contributed by atoms with Gasteiger partial charge in [-0.2, -0.15) is 0 Å². The molecule has 0 spiro atoms. The van der Waals surface area contributed by atoms with E-state index >= 15 is 0 Å². The van der Waals surface area contributed by atoms with Crippen molar-refractivity contribution >= 4 is 46.8 Å². The molecule has 8 heteroatoms. The first-order chi connectivity index (χ1) is 15.4. The minimum absolute atomic E-state index is 0.139. The molecule has 3 aromatic carbocycles. The van der Waals surface area contributed by atoms with Crippen LogP contribution in [-0.2, 0) is 17.8 Å². The number of ether oxygens (including phenoxy) is 3. The van der Waals surface area contributed by atoms with Crippen LogP contribution in [0.15, 0.2) is 54.6 Å². The predicted molar refractivity (Wildman–Crippen MR) is 124 cm³/mol. The number of carboxylic acid groups (broad SMARTS) is 1. The number of fused-ring (bicyclic) bond motifs is 1.